The maximum atomic E-state index is 13.7. The van der Waals surface area contributed by atoms with E-state index in [1.807, 2.05) is 0 Å². The SMILES string of the molecule is CSC(SC)=C(F)C(=O)c1ccc(Cl)cc1. The van der Waals surface area contributed by atoms with Crippen molar-refractivity contribution in [2.45, 2.75) is 0 Å². The van der Waals surface area contributed by atoms with Crippen molar-refractivity contribution in [2.24, 2.45) is 0 Å². The average Bonchev–Trinajstić information content (AvgIpc) is 2.30. The second-order valence-corrected chi connectivity index (χ2v) is 5.17. The molecule has 0 heterocycles. The molecule has 0 amide bonds. The number of hydrogen-bond donors (Lipinski definition) is 0. The van der Waals surface area contributed by atoms with Gasteiger partial charge >= 0.3 is 0 Å². The minimum absolute atomic E-state index is 0.308. The molecule has 0 spiro atoms. The standard InChI is InChI=1S/C11H10ClFOS2/c1-15-11(16-2)9(13)10(14)7-3-5-8(12)6-4-7/h3-6H,1-2H3. The highest BCUT2D eigenvalue weighted by Gasteiger charge is 2.16. The summed E-state index contributed by atoms with van der Waals surface area (Å²) < 4.78 is 14.1. The number of halogens is 2. The van der Waals surface area contributed by atoms with Crippen LogP contribution in [0.2, 0.25) is 5.02 Å². The van der Waals surface area contributed by atoms with E-state index in [1.54, 1.807) is 24.6 Å². The van der Waals surface area contributed by atoms with Crippen molar-refractivity contribution in [3.8, 4) is 0 Å². The zero-order chi connectivity index (χ0) is 12.1. The van der Waals surface area contributed by atoms with Crippen molar-refractivity contribution < 1.29 is 9.18 Å². The first-order valence-corrected chi connectivity index (χ1v) is 7.21. The number of Topliss-reactive ketones (excluding diaryl/α,β-unsaturated/α-hetero) is 1. The van der Waals surface area contributed by atoms with Gasteiger partial charge in [0.2, 0.25) is 5.78 Å². The van der Waals surface area contributed by atoms with Crippen molar-refractivity contribution in [3.63, 3.8) is 0 Å². The third-order valence-corrected chi connectivity index (χ3v) is 4.21. The number of allylic oxidation sites excluding steroid dienone is 1. The van der Waals surface area contributed by atoms with Crippen LogP contribution in [-0.2, 0) is 0 Å². The summed E-state index contributed by atoms with van der Waals surface area (Å²) in [6.45, 7) is 0. The molecule has 0 fully saturated rings. The Morgan fingerprint density at radius 3 is 2.12 bits per heavy atom. The first kappa shape index (κ1) is 13.6. The maximum absolute atomic E-state index is 13.7. The van der Waals surface area contributed by atoms with Crippen molar-refractivity contribution in [1.29, 1.82) is 0 Å². The zero-order valence-corrected chi connectivity index (χ0v) is 11.2. The molecule has 0 aromatic heterocycles. The maximum Gasteiger partial charge on any atom is 0.223 e. The number of benzene rings is 1. The molecule has 0 aliphatic rings. The van der Waals surface area contributed by atoms with Crippen LogP contribution in [0.15, 0.2) is 34.3 Å². The van der Waals surface area contributed by atoms with E-state index < -0.39 is 11.6 Å². The molecule has 1 nitrogen and oxygen atoms in total. The van der Waals surface area contributed by atoms with Crippen LogP contribution in [0.5, 0.6) is 0 Å². The summed E-state index contributed by atoms with van der Waals surface area (Å²) in [6.07, 6.45) is 3.47. The second-order valence-electron chi connectivity index (χ2n) is 2.85. The summed E-state index contributed by atoms with van der Waals surface area (Å²) in [5.74, 6) is -1.31. The molecular formula is C11H10ClFOS2. The molecular weight excluding hydrogens is 267 g/mol. The first-order valence-electron chi connectivity index (χ1n) is 4.38. The molecule has 0 bridgehead atoms. The van der Waals surface area contributed by atoms with Crippen LogP contribution in [0.4, 0.5) is 4.39 Å². The van der Waals surface area contributed by atoms with Gasteiger partial charge in [-0.15, -0.1) is 23.5 Å². The number of ketones is 1. The Balaban J connectivity index is 3.02. The number of hydrogen-bond acceptors (Lipinski definition) is 3. The third-order valence-electron chi connectivity index (χ3n) is 1.86. The molecule has 0 N–H and O–H groups in total. The lowest BCUT2D eigenvalue weighted by molar-refractivity contribution is 0.100. The highest BCUT2D eigenvalue weighted by molar-refractivity contribution is 8.21. The van der Waals surface area contributed by atoms with E-state index in [-0.39, 0.29) is 0 Å². The van der Waals surface area contributed by atoms with Gasteiger partial charge in [0.15, 0.2) is 5.83 Å². The summed E-state index contributed by atoms with van der Waals surface area (Å²) >= 11 is 8.14. The predicted molar refractivity (Wildman–Crippen MR) is 70.9 cm³/mol. The zero-order valence-electron chi connectivity index (χ0n) is 8.79. The predicted octanol–water partition coefficient (Wildman–Crippen LogP) is 4.39. The number of thioether (sulfide) groups is 2. The second kappa shape index (κ2) is 6.33. The van der Waals surface area contributed by atoms with Crippen molar-refractivity contribution in [2.75, 3.05) is 12.5 Å². The average molecular weight is 277 g/mol. The van der Waals surface area contributed by atoms with Gasteiger partial charge in [-0.3, -0.25) is 4.79 Å². The highest BCUT2D eigenvalue weighted by Crippen LogP contribution is 2.30. The van der Waals surface area contributed by atoms with Crippen LogP contribution in [0.25, 0.3) is 0 Å². The Kier molecular flexibility index (Phi) is 5.38. The molecule has 86 valence electrons. The number of carbonyl (C=O) groups is 1. The topological polar surface area (TPSA) is 17.1 Å². The van der Waals surface area contributed by atoms with Crippen LogP contribution in [0.1, 0.15) is 10.4 Å². The Morgan fingerprint density at radius 2 is 1.69 bits per heavy atom. The first-order chi connectivity index (χ1) is 7.60. The Hall–Kier alpha value is -0.450. The lowest BCUT2D eigenvalue weighted by Gasteiger charge is -2.03. The van der Waals surface area contributed by atoms with Crippen molar-refractivity contribution in [3.05, 3.63) is 44.9 Å². The Labute approximate surface area is 107 Å². The van der Waals surface area contributed by atoms with Crippen LogP contribution in [0.3, 0.4) is 0 Å². The molecule has 0 atom stereocenters. The summed E-state index contributed by atoms with van der Waals surface area (Å²) in [4.78, 5) is 11.7. The van der Waals surface area contributed by atoms with Gasteiger partial charge in [-0.05, 0) is 36.8 Å². The smallest absolute Gasteiger partial charge is 0.223 e. The molecule has 5 heteroatoms. The lowest BCUT2D eigenvalue weighted by Crippen LogP contribution is -2.00. The minimum atomic E-state index is -0.706. The van der Waals surface area contributed by atoms with Gasteiger partial charge in [0.05, 0.1) is 4.24 Å². The van der Waals surface area contributed by atoms with E-state index in [9.17, 15) is 9.18 Å². The fourth-order valence-corrected chi connectivity index (χ4v) is 2.42. The fourth-order valence-electron chi connectivity index (χ4n) is 1.08. The molecule has 1 aromatic rings. The van der Waals surface area contributed by atoms with Gasteiger partial charge in [0.25, 0.3) is 0 Å². The number of carbonyl (C=O) groups excluding carboxylic acids is 1. The largest absolute Gasteiger partial charge is 0.286 e. The highest BCUT2D eigenvalue weighted by atomic mass is 35.5. The van der Waals surface area contributed by atoms with E-state index >= 15 is 0 Å². The van der Waals surface area contributed by atoms with Gasteiger partial charge < -0.3 is 0 Å². The fraction of sp³-hybridized carbons (Fsp3) is 0.182. The summed E-state index contributed by atoms with van der Waals surface area (Å²) in [6, 6.07) is 6.17. The summed E-state index contributed by atoms with van der Waals surface area (Å²) in [5.41, 5.74) is 0.308. The molecule has 0 aliphatic heterocycles. The molecule has 0 saturated heterocycles. The molecule has 0 unspecified atom stereocenters. The molecule has 16 heavy (non-hydrogen) atoms. The monoisotopic (exact) mass is 276 g/mol. The minimum Gasteiger partial charge on any atom is -0.286 e. The van der Waals surface area contributed by atoms with Gasteiger partial charge in [0, 0.05) is 10.6 Å². The van der Waals surface area contributed by atoms with Crippen molar-refractivity contribution in [1.82, 2.24) is 0 Å². The molecule has 0 aliphatic carbocycles. The van der Waals surface area contributed by atoms with Crippen LogP contribution >= 0.6 is 35.1 Å². The third kappa shape index (κ3) is 3.27. The molecule has 0 saturated carbocycles. The summed E-state index contributed by atoms with van der Waals surface area (Å²) in [7, 11) is 0. The van der Waals surface area contributed by atoms with E-state index in [2.05, 4.69) is 0 Å². The lowest BCUT2D eigenvalue weighted by atomic mass is 10.1. The molecule has 1 rings (SSSR count). The van der Waals surface area contributed by atoms with E-state index in [4.69, 9.17) is 11.6 Å². The van der Waals surface area contributed by atoms with Gasteiger partial charge in [0.1, 0.15) is 0 Å². The van der Waals surface area contributed by atoms with Gasteiger partial charge in [-0.2, -0.15) is 0 Å². The van der Waals surface area contributed by atoms with Crippen LogP contribution in [-0.4, -0.2) is 18.3 Å². The number of rotatable bonds is 4. The van der Waals surface area contributed by atoms with E-state index in [0.717, 1.165) is 0 Å². The van der Waals surface area contributed by atoms with Crippen molar-refractivity contribution >= 4 is 40.9 Å². The van der Waals surface area contributed by atoms with Gasteiger partial charge in [-0.1, -0.05) is 11.6 Å². The Morgan fingerprint density at radius 1 is 1.19 bits per heavy atom. The normalized spacial score (nSPS) is 10.0. The van der Waals surface area contributed by atoms with E-state index in [1.165, 1.54) is 35.7 Å². The Bertz CT molecular complexity index is 408. The van der Waals surface area contributed by atoms with E-state index in [0.29, 0.717) is 14.8 Å². The quantitative estimate of drug-likeness (QED) is 0.600. The summed E-state index contributed by atoms with van der Waals surface area (Å²) in [5, 5.41) is 0.524. The molecule has 1 aromatic carbocycles. The van der Waals surface area contributed by atoms with Crippen LogP contribution in [0, 0.1) is 0 Å². The van der Waals surface area contributed by atoms with Gasteiger partial charge in [-0.25, -0.2) is 4.39 Å². The molecule has 0 radical (unpaired) electrons. The van der Waals surface area contributed by atoms with Crippen LogP contribution < -0.4 is 0 Å².